The molecule has 0 unspecified atom stereocenters. The average molecular weight is 612 g/mol. The highest BCUT2D eigenvalue weighted by molar-refractivity contribution is 7.80. The van der Waals surface area contributed by atoms with E-state index in [0.717, 1.165) is 36.9 Å². The van der Waals surface area contributed by atoms with E-state index in [2.05, 4.69) is 55.7 Å². The van der Waals surface area contributed by atoms with Crippen molar-refractivity contribution < 1.29 is 28.6 Å². The molecule has 0 radical (unpaired) electrons. The molecule has 234 valence electrons. The second-order valence-electron chi connectivity index (χ2n) is 12.6. The van der Waals surface area contributed by atoms with E-state index in [9.17, 15) is 14.4 Å². The maximum absolute atomic E-state index is 12.8. The first kappa shape index (κ1) is 32.7. The first-order chi connectivity index (χ1) is 20.4. The van der Waals surface area contributed by atoms with Gasteiger partial charge in [-0.05, 0) is 91.8 Å². The number of esters is 3. The summed E-state index contributed by atoms with van der Waals surface area (Å²) in [6.45, 7) is 14.2. The summed E-state index contributed by atoms with van der Waals surface area (Å²) in [5, 5.41) is 3.57. The smallest absolute Gasteiger partial charge is 0.335 e. The number of aryl methyl sites for hydroxylation is 1. The van der Waals surface area contributed by atoms with Crippen LogP contribution in [0.15, 0.2) is 48.1 Å². The van der Waals surface area contributed by atoms with Crippen molar-refractivity contribution in [3.8, 4) is 0 Å². The third-order valence-electron chi connectivity index (χ3n) is 9.79. The minimum atomic E-state index is -0.575. The number of hydrogen-bond donors (Lipinski definition) is 3. The van der Waals surface area contributed by atoms with Gasteiger partial charge >= 0.3 is 17.9 Å². The van der Waals surface area contributed by atoms with E-state index in [1.165, 1.54) is 19.4 Å². The van der Waals surface area contributed by atoms with Gasteiger partial charge in [0.2, 0.25) is 0 Å². The molecule has 3 aliphatic rings. The topological polar surface area (TPSA) is 115 Å². The molecule has 1 aromatic rings. The number of thiocarbonyl (C=S) groups is 1. The van der Waals surface area contributed by atoms with Gasteiger partial charge in [-0.15, -0.1) is 0 Å². The summed E-state index contributed by atoms with van der Waals surface area (Å²) in [5.41, 5.74) is 9.36. The Morgan fingerprint density at radius 1 is 1.16 bits per heavy atom. The lowest BCUT2D eigenvalue weighted by Crippen LogP contribution is -2.59. The summed E-state index contributed by atoms with van der Waals surface area (Å²) in [6.07, 6.45) is 6.04. The second-order valence-corrected chi connectivity index (χ2v) is 13.0. The van der Waals surface area contributed by atoms with Gasteiger partial charge in [0.15, 0.2) is 5.11 Å². The number of nitrogens with one attached hydrogen (secondary N) is 3. The Kier molecular flexibility index (Phi) is 10.3. The molecule has 9 nitrogen and oxygen atoms in total. The van der Waals surface area contributed by atoms with E-state index >= 15 is 0 Å². The summed E-state index contributed by atoms with van der Waals surface area (Å²) in [7, 11) is 0. The van der Waals surface area contributed by atoms with E-state index in [-0.39, 0.29) is 54.5 Å². The van der Waals surface area contributed by atoms with Gasteiger partial charge in [0.05, 0.1) is 11.6 Å². The van der Waals surface area contributed by atoms with E-state index < -0.39 is 11.5 Å². The number of hydrazine groups is 1. The zero-order chi connectivity index (χ0) is 31.4. The molecular formula is C33H45N3O6S. The first-order valence-electron chi connectivity index (χ1n) is 15.1. The Labute approximate surface area is 260 Å². The predicted molar refractivity (Wildman–Crippen MR) is 169 cm³/mol. The number of ether oxygens (including phenoxy) is 3. The zero-order valence-corrected chi connectivity index (χ0v) is 26.7. The van der Waals surface area contributed by atoms with Crippen LogP contribution in [0.2, 0.25) is 0 Å². The summed E-state index contributed by atoms with van der Waals surface area (Å²) in [4.78, 5) is 36.7. The predicted octanol–water partition coefficient (Wildman–Crippen LogP) is 5.17. The molecular weight excluding hydrogens is 566 g/mol. The van der Waals surface area contributed by atoms with Crippen molar-refractivity contribution in [2.75, 3.05) is 18.5 Å². The monoisotopic (exact) mass is 611 g/mol. The molecule has 2 saturated carbocycles. The number of carbonyl (C=O) groups excluding carboxylic acids is 3. The van der Waals surface area contributed by atoms with Crippen molar-refractivity contribution in [3.05, 3.63) is 53.6 Å². The Bertz CT molecular complexity index is 1280. The van der Waals surface area contributed by atoms with Crippen LogP contribution in [0.5, 0.6) is 0 Å². The second kappa shape index (κ2) is 13.6. The van der Waals surface area contributed by atoms with Crippen molar-refractivity contribution in [1.82, 2.24) is 10.9 Å². The van der Waals surface area contributed by atoms with Gasteiger partial charge in [-0.1, -0.05) is 45.1 Å². The minimum absolute atomic E-state index is 0.0258. The van der Waals surface area contributed by atoms with E-state index in [1.54, 1.807) is 0 Å². The zero-order valence-electron chi connectivity index (χ0n) is 25.9. The third kappa shape index (κ3) is 7.29. The molecule has 6 atom stereocenters. The molecule has 1 aromatic carbocycles. The van der Waals surface area contributed by atoms with Gasteiger partial charge in [-0.2, -0.15) is 0 Å². The van der Waals surface area contributed by atoms with Gasteiger partial charge in [0.1, 0.15) is 19.3 Å². The lowest BCUT2D eigenvalue weighted by molar-refractivity contribution is -0.192. The number of anilines is 1. The van der Waals surface area contributed by atoms with Crippen LogP contribution in [0.4, 0.5) is 5.69 Å². The summed E-state index contributed by atoms with van der Waals surface area (Å²) in [5.74, 6) is -0.945. The summed E-state index contributed by atoms with van der Waals surface area (Å²) < 4.78 is 16.7. The van der Waals surface area contributed by atoms with Gasteiger partial charge < -0.3 is 19.5 Å². The van der Waals surface area contributed by atoms with Crippen LogP contribution in [-0.2, 0) is 35.0 Å². The number of hydrogen-bond acceptors (Lipinski definition) is 8. The maximum atomic E-state index is 12.8. The molecule has 3 N–H and O–H groups in total. The normalized spacial score (nSPS) is 29.0. The summed E-state index contributed by atoms with van der Waals surface area (Å²) in [6, 6.07) is 7.66. The van der Waals surface area contributed by atoms with Gasteiger partial charge in [0.25, 0.3) is 0 Å². The average Bonchev–Trinajstić information content (AvgIpc) is 3.38. The lowest BCUT2D eigenvalue weighted by atomic mass is 9.46. The van der Waals surface area contributed by atoms with Crippen molar-refractivity contribution in [1.29, 1.82) is 0 Å². The molecule has 0 amide bonds. The van der Waals surface area contributed by atoms with Crippen LogP contribution >= 0.6 is 12.2 Å². The first-order valence-corrected chi connectivity index (χ1v) is 15.5. The van der Waals surface area contributed by atoms with Crippen LogP contribution in [-0.4, -0.2) is 48.4 Å². The molecule has 10 heteroatoms. The number of cyclic esters (lactones) is 1. The minimum Gasteiger partial charge on any atom is -0.465 e. The van der Waals surface area contributed by atoms with E-state index in [0.29, 0.717) is 23.5 Å². The summed E-state index contributed by atoms with van der Waals surface area (Å²) >= 11 is 5.57. The van der Waals surface area contributed by atoms with Crippen molar-refractivity contribution in [3.63, 3.8) is 0 Å². The highest BCUT2D eigenvalue weighted by Crippen LogP contribution is 2.62. The van der Waals surface area contributed by atoms with E-state index in [4.69, 9.17) is 26.4 Å². The molecule has 0 aromatic heterocycles. The molecule has 0 saturated heterocycles. The number of carbonyl (C=O) groups is 3. The standard InChI is InChI=1S/C33H45N3O6S/c1-7-23-9-11-24(12-10-23)34-31(43)36-35-27(25-15-17-40-30(25)39)18-26-20(2)8-13-28-32(26,5)16-14-29(42-22(4)38)33(28,6)19-41-21(3)37/h9-12,15,26-29,35H,2,7-8,13-14,16-19H2,1,3-6H3,(H2,34,36,43)/t26-,27+,28+,29-,32+,33+/m1/s1. The fourth-order valence-electron chi connectivity index (χ4n) is 7.55. The third-order valence-corrected chi connectivity index (χ3v) is 9.99. The van der Waals surface area contributed by atoms with E-state index in [1.807, 2.05) is 18.2 Å². The number of fused-ring (bicyclic) bond motifs is 1. The number of allylic oxidation sites excluding steroid dienone is 1. The molecule has 2 fully saturated rings. The van der Waals surface area contributed by atoms with Crippen LogP contribution in [0.1, 0.15) is 72.3 Å². The molecule has 0 spiro atoms. The van der Waals surface area contributed by atoms with Crippen LogP contribution in [0.25, 0.3) is 0 Å². The largest absolute Gasteiger partial charge is 0.465 e. The molecule has 1 aliphatic heterocycles. The van der Waals surface area contributed by atoms with Crippen molar-refractivity contribution in [2.45, 2.75) is 85.3 Å². The highest BCUT2D eigenvalue weighted by Gasteiger charge is 2.60. The maximum Gasteiger partial charge on any atom is 0.335 e. The fourth-order valence-corrected chi connectivity index (χ4v) is 7.72. The Morgan fingerprint density at radius 3 is 2.49 bits per heavy atom. The van der Waals surface area contributed by atoms with Crippen LogP contribution in [0, 0.1) is 22.7 Å². The SMILES string of the molecule is C=C1CC[C@@H]2[C@](C)(COC(C)=O)[C@H](OC(C)=O)CC[C@@]2(C)[C@@H]1C[C@H](NNC(=S)Nc1ccc(CC)cc1)C1=CCOC1=O. The number of rotatable bonds is 10. The number of benzene rings is 1. The quantitative estimate of drug-likeness (QED) is 0.108. The van der Waals surface area contributed by atoms with Crippen LogP contribution < -0.4 is 16.2 Å². The molecule has 1 heterocycles. The molecule has 4 rings (SSSR count). The molecule has 0 bridgehead atoms. The van der Waals surface area contributed by atoms with Crippen LogP contribution in [0.3, 0.4) is 0 Å². The fraction of sp³-hybridized carbons (Fsp3) is 0.576. The highest BCUT2D eigenvalue weighted by atomic mass is 32.1. The van der Waals surface area contributed by atoms with Gasteiger partial charge in [0, 0.05) is 24.9 Å². The lowest BCUT2D eigenvalue weighted by Gasteiger charge is -2.60. The Morgan fingerprint density at radius 2 is 1.88 bits per heavy atom. The Balaban J connectivity index is 1.56. The molecule has 43 heavy (non-hydrogen) atoms. The van der Waals surface area contributed by atoms with Gasteiger partial charge in [-0.25, -0.2) is 10.2 Å². The van der Waals surface area contributed by atoms with Crippen molar-refractivity contribution in [2.24, 2.45) is 22.7 Å². The van der Waals surface area contributed by atoms with Gasteiger partial charge in [-0.3, -0.25) is 15.0 Å². The Hall–Kier alpha value is -3.24. The van der Waals surface area contributed by atoms with Crippen molar-refractivity contribution >= 4 is 40.9 Å². The molecule has 2 aliphatic carbocycles.